The molecule has 0 aromatic heterocycles. The van der Waals surface area contributed by atoms with Crippen LogP contribution in [0.2, 0.25) is 5.02 Å². The normalized spacial score (nSPS) is 28.2. The maximum Gasteiger partial charge on any atom is 0.137 e. The molecular weight excluding hydrogens is 258 g/mol. The molecule has 1 aliphatic heterocycles. The van der Waals surface area contributed by atoms with Crippen molar-refractivity contribution >= 4 is 17.7 Å². The molecule has 1 heterocycles. The van der Waals surface area contributed by atoms with Crippen LogP contribution in [-0.2, 0) is 5.60 Å². The lowest BCUT2D eigenvalue weighted by Gasteiger charge is -2.43. The molecule has 2 atom stereocenters. The largest absolute Gasteiger partial charge is 0.530 e. The SMILES string of the molecule is O=C([O-])N1CCC(O)(c2ccc(Cl)cc2)C(O)C1. The lowest BCUT2D eigenvalue weighted by molar-refractivity contribution is -0.271. The van der Waals surface area contributed by atoms with Crippen molar-refractivity contribution in [1.82, 2.24) is 4.90 Å². The van der Waals surface area contributed by atoms with Crippen LogP contribution < -0.4 is 5.11 Å². The van der Waals surface area contributed by atoms with E-state index in [2.05, 4.69) is 0 Å². The minimum atomic E-state index is -1.45. The van der Waals surface area contributed by atoms with E-state index in [1.807, 2.05) is 0 Å². The van der Waals surface area contributed by atoms with Gasteiger partial charge in [-0.05, 0) is 17.7 Å². The molecule has 0 bridgehead atoms. The topological polar surface area (TPSA) is 83.8 Å². The number of piperidine rings is 1. The zero-order valence-corrected chi connectivity index (χ0v) is 10.3. The molecule has 2 rings (SSSR count). The van der Waals surface area contributed by atoms with Gasteiger partial charge in [-0.15, -0.1) is 0 Å². The van der Waals surface area contributed by atoms with Gasteiger partial charge in [0.1, 0.15) is 17.8 Å². The van der Waals surface area contributed by atoms with Gasteiger partial charge in [0.15, 0.2) is 0 Å². The standard InChI is InChI=1S/C12H14ClNO4/c13-9-3-1-8(2-4-9)12(18)5-6-14(11(16)17)7-10(12)15/h1-4,10,15,18H,5-7H2,(H,16,17)/p-1. The van der Waals surface area contributed by atoms with Gasteiger partial charge in [-0.3, -0.25) is 0 Å². The average molecular weight is 271 g/mol. The predicted octanol–water partition coefficient (Wildman–Crippen LogP) is -0.0625. The van der Waals surface area contributed by atoms with E-state index >= 15 is 0 Å². The van der Waals surface area contributed by atoms with Gasteiger partial charge in [-0.2, -0.15) is 0 Å². The van der Waals surface area contributed by atoms with Crippen molar-refractivity contribution in [2.24, 2.45) is 0 Å². The van der Waals surface area contributed by atoms with Crippen LogP contribution in [0.15, 0.2) is 24.3 Å². The van der Waals surface area contributed by atoms with Gasteiger partial charge in [-0.25, -0.2) is 0 Å². The first kappa shape index (κ1) is 13.1. The Bertz CT molecular complexity index is 450. The Kier molecular flexibility index (Phi) is 3.47. The number of halogens is 1. The van der Waals surface area contributed by atoms with Gasteiger partial charge >= 0.3 is 0 Å². The number of aliphatic hydroxyl groups is 2. The molecule has 5 nitrogen and oxygen atoms in total. The molecule has 1 aromatic rings. The van der Waals surface area contributed by atoms with E-state index in [1.165, 1.54) is 0 Å². The van der Waals surface area contributed by atoms with Crippen LogP contribution in [0.3, 0.4) is 0 Å². The third kappa shape index (κ3) is 2.29. The number of hydrogen-bond acceptors (Lipinski definition) is 4. The molecule has 2 unspecified atom stereocenters. The van der Waals surface area contributed by atoms with Crippen LogP contribution in [0.1, 0.15) is 12.0 Å². The lowest BCUT2D eigenvalue weighted by Crippen LogP contribution is -2.57. The molecule has 1 saturated heterocycles. The van der Waals surface area contributed by atoms with Crippen molar-refractivity contribution in [3.05, 3.63) is 34.9 Å². The molecule has 0 spiro atoms. The second-order valence-corrected chi connectivity index (χ2v) is 4.85. The Morgan fingerprint density at radius 2 is 2.06 bits per heavy atom. The lowest BCUT2D eigenvalue weighted by atomic mass is 9.82. The number of carboxylic acid groups (broad SMARTS) is 1. The molecule has 0 aliphatic carbocycles. The third-order valence-electron chi connectivity index (χ3n) is 3.31. The van der Waals surface area contributed by atoms with Crippen molar-refractivity contribution in [2.45, 2.75) is 18.1 Å². The average Bonchev–Trinajstić information content (AvgIpc) is 2.33. The van der Waals surface area contributed by atoms with Crippen LogP contribution in [0.4, 0.5) is 4.79 Å². The number of carbonyl (C=O) groups is 1. The van der Waals surface area contributed by atoms with Gasteiger partial charge in [0.2, 0.25) is 0 Å². The van der Waals surface area contributed by atoms with E-state index in [4.69, 9.17) is 11.6 Å². The Morgan fingerprint density at radius 3 is 2.56 bits per heavy atom. The number of carbonyl (C=O) groups excluding carboxylic acids is 1. The van der Waals surface area contributed by atoms with Gasteiger partial charge in [0, 0.05) is 24.5 Å². The van der Waals surface area contributed by atoms with Crippen molar-refractivity contribution in [1.29, 1.82) is 0 Å². The van der Waals surface area contributed by atoms with Gasteiger partial charge in [0.05, 0.1) is 0 Å². The van der Waals surface area contributed by atoms with E-state index in [0.717, 1.165) is 4.90 Å². The van der Waals surface area contributed by atoms with Crippen molar-refractivity contribution in [3.63, 3.8) is 0 Å². The predicted molar refractivity (Wildman–Crippen MR) is 62.9 cm³/mol. The minimum Gasteiger partial charge on any atom is -0.530 e. The Balaban J connectivity index is 2.22. The highest BCUT2D eigenvalue weighted by molar-refractivity contribution is 6.30. The highest BCUT2D eigenvalue weighted by atomic mass is 35.5. The molecule has 6 heteroatoms. The van der Waals surface area contributed by atoms with Crippen molar-refractivity contribution in [2.75, 3.05) is 13.1 Å². The summed E-state index contributed by atoms with van der Waals surface area (Å²) in [6, 6.07) is 6.49. The molecule has 1 fully saturated rings. The monoisotopic (exact) mass is 270 g/mol. The highest BCUT2D eigenvalue weighted by Crippen LogP contribution is 2.33. The number of nitrogens with zero attached hydrogens (tertiary/aromatic N) is 1. The number of rotatable bonds is 1. The Labute approximate surface area is 109 Å². The highest BCUT2D eigenvalue weighted by Gasteiger charge is 2.42. The van der Waals surface area contributed by atoms with Crippen LogP contribution >= 0.6 is 11.6 Å². The van der Waals surface area contributed by atoms with E-state index in [0.29, 0.717) is 10.6 Å². The fraction of sp³-hybridized carbons (Fsp3) is 0.417. The smallest absolute Gasteiger partial charge is 0.137 e. The summed E-state index contributed by atoms with van der Waals surface area (Å²) in [7, 11) is 0. The first-order chi connectivity index (χ1) is 8.43. The van der Waals surface area contributed by atoms with E-state index in [-0.39, 0.29) is 19.5 Å². The number of likely N-dealkylation sites (tertiary alicyclic amines) is 1. The number of β-amino-alcohol motifs (C(OH)–C–C–N with tert-alkyl or cyclic N) is 1. The minimum absolute atomic E-state index is 0.115. The molecular formula is C12H13ClNO4-. The van der Waals surface area contributed by atoms with Crippen LogP contribution in [0, 0.1) is 0 Å². The van der Waals surface area contributed by atoms with Gasteiger partial charge in [0.25, 0.3) is 0 Å². The first-order valence-corrected chi connectivity index (χ1v) is 5.93. The number of aliphatic hydroxyl groups excluding tert-OH is 1. The zero-order valence-electron chi connectivity index (χ0n) is 9.54. The number of amides is 1. The van der Waals surface area contributed by atoms with E-state index < -0.39 is 17.8 Å². The molecule has 1 aromatic carbocycles. The summed E-state index contributed by atoms with van der Waals surface area (Å²) in [6.07, 6.45) is -2.42. The second-order valence-electron chi connectivity index (χ2n) is 4.41. The fourth-order valence-corrected chi connectivity index (χ4v) is 2.29. The third-order valence-corrected chi connectivity index (χ3v) is 3.56. The molecule has 1 aliphatic rings. The van der Waals surface area contributed by atoms with Crippen molar-refractivity contribution < 1.29 is 20.1 Å². The summed E-state index contributed by atoms with van der Waals surface area (Å²) in [5.74, 6) is 0. The molecule has 0 saturated carbocycles. The van der Waals surface area contributed by atoms with Gasteiger partial charge < -0.3 is 25.0 Å². The maximum absolute atomic E-state index is 10.7. The summed E-state index contributed by atoms with van der Waals surface area (Å²) in [6.45, 7) is -0.0417. The fourth-order valence-electron chi connectivity index (χ4n) is 2.16. The molecule has 1 amide bonds. The number of hydrogen-bond donors (Lipinski definition) is 2. The summed E-state index contributed by atoms with van der Waals surface area (Å²) in [5.41, 5.74) is -0.923. The molecule has 2 N–H and O–H groups in total. The summed E-state index contributed by atoms with van der Waals surface area (Å²) >= 11 is 5.76. The van der Waals surface area contributed by atoms with E-state index in [9.17, 15) is 20.1 Å². The number of benzene rings is 1. The quantitative estimate of drug-likeness (QED) is 0.749. The molecule has 0 radical (unpaired) electrons. The summed E-state index contributed by atoms with van der Waals surface area (Å²) in [5, 5.41) is 31.7. The summed E-state index contributed by atoms with van der Waals surface area (Å²) < 4.78 is 0. The second kappa shape index (κ2) is 4.76. The Morgan fingerprint density at radius 1 is 1.44 bits per heavy atom. The van der Waals surface area contributed by atoms with Crippen molar-refractivity contribution in [3.8, 4) is 0 Å². The van der Waals surface area contributed by atoms with Crippen LogP contribution in [-0.4, -0.2) is 40.4 Å². The van der Waals surface area contributed by atoms with E-state index in [1.54, 1.807) is 24.3 Å². The Hall–Kier alpha value is -1.30. The molecule has 98 valence electrons. The first-order valence-electron chi connectivity index (χ1n) is 5.56. The maximum atomic E-state index is 10.7. The van der Waals surface area contributed by atoms with Crippen LogP contribution in [0.5, 0.6) is 0 Å². The zero-order chi connectivity index (χ0) is 13.3. The molecule has 18 heavy (non-hydrogen) atoms. The summed E-state index contributed by atoms with van der Waals surface area (Å²) in [4.78, 5) is 11.7. The van der Waals surface area contributed by atoms with Gasteiger partial charge in [-0.1, -0.05) is 23.7 Å². The van der Waals surface area contributed by atoms with Crippen LogP contribution in [0.25, 0.3) is 0 Å².